The third kappa shape index (κ3) is 2.02. The molecule has 0 aromatic carbocycles. The lowest BCUT2D eigenvalue weighted by Crippen LogP contribution is -2.54. The fraction of sp³-hybridized carbons (Fsp3) is 0.800. The number of nitrogens with zero attached hydrogens (tertiary/aromatic N) is 5. The number of aryl methyl sites for hydroxylation is 1. The van der Waals surface area contributed by atoms with Crippen LogP contribution in [0.5, 0.6) is 0 Å². The van der Waals surface area contributed by atoms with Crippen LogP contribution in [0.2, 0.25) is 0 Å². The summed E-state index contributed by atoms with van der Waals surface area (Å²) in [5, 5.41) is 11.3. The average molecular weight is 238 g/mol. The summed E-state index contributed by atoms with van der Waals surface area (Å²) >= 11 is 0. The molecule has 2 rings (SSSR count). The molecule has 1 aromatic heterocycles. The van der Waals surface area contributed by atoms with Crippen molar-refractivity contribution >= 4 is 5.91 Å². The van der Waals surface area contributed by atoms with E-state index in [1.54, 1.807) is 11.7 Å². The molecule has 0 atom stereocenters. The fourth-order valence-electron chi connectivity index (χ4n) is 2.52. The third-order valence-electron chi connectivity index (χ3n) is 3.71. The van der Waals surface area contributed by atoms with Crippen molar-refractivity contribution in [3.05, 3.63) is 5.82 Å². The summed E-state index contributed by atoms with van der Waals surface area (Å²) in [7, 11) is 3.69. The molecule has 0 radical (unpaired) electrons. The van der Waals surface area contributed by atoms with Crippen LogP contribution >= 0.6 is 0 Å². The maximum atomic E-state index is 11.7. The lowest BCUT2D eigenvalue weighted by Gasteiger charge is -2.35. The fourth-order valence-corrected chi connectivity index (χ4v) is 2.52. The van der Waals surface area contributed by atoms with E-state index in [4.69, 9.17) is 5.73 Å². The Kier molecular flexibility index (Phi) is 3.10. The number of carbonyl (C=O) groups is 1. The summed E-state index contributed by atoms with van der Waals surface area (Å²) in [6.07, 6.45) is 3.74. The molecule has 7 heteroatoms. The van der Waals surface area contributed by atoms with Gasteiger partial charge in [0, 0.05) is 7.05 Å². The monoisotopic (exact) mass is 238 g/mol. The van der Waals surface area contributed by atoms with Crippen molar-refractivity contribution < 1.29 is 4.79 Å². The minimum Gasteiger partial charge on any atom is -0.368 e. The van der Waals surface area contributed by atoms with Crippen LogP contribution in [0.1, 0.15) is 31.5 Å². The second-order valence-corrected chi connectivity index (χ2v) is 4.68. The van der Waals surface area contributed by atoms with Crippen molar-refractivity contribution in [3.8, 4) is 0 Å². The second kappa shape index (κ2) is 4.40. The molecule has 94 valence electrons. The highest BCUT2D eigenvalue weighted by molar-refractivity contribution is 5.84. The molecule has 17 heavy (non-hydrogen) atoms. The number of hydrogen-bond donors (Lipinski definition) is 1. The van der Waals surface area contributed by atoms with Gasteiger partial charge < -0.3 is 5.73 Å². The standard InChI is InChI=1S/C10H18N6O/c1-15(7-8-12-13-14-16(8)2)10(9(11)17)5-3-4-6-10/h3-7H2,1-2H3,(H2,11,17). The van der Waals surface area contributed by atoms with Crippen LogP contribution in [0.15, 0.2) is 0 Å². The molecule has 2 N–H and O–H groups in total. The van der Waals surface area contributed by atoms with Gasteiger partial charge in [0.05, 0.1) is 6.54 Å². The van der Waals surface area contributed by atoms with Gasteiger partial charge in [-0.25, -0.2) is 4.68 Å². The Morgan fingerprint density at radius 3 is 2.65 bits per heavy atom. The molecule has 0 unspecified atom stereocenters. The zero-order chi connectivity index (χ0) is 12.5. The second-order valence-electron chi connectivity index (χ2n) is 4.68. The number of primary amides is 1. The van der Waals surface area contributed by atoms with Gasteiger partial charge in [0.15, 0.2) is 5.82 Å². The number of hydrogen-bond acceptors (Lipinski definition) is 5. The predicted molar refractivity (Wildman–Crippen MR) is 60.7 cm³/mol. The van der Waals surface area contributed by atoms with E-state index in [9.17, 15) is 4.79 Å². The van der Waals surface area contributed by atoms with E-state index in [2.05, 4.69) is 15.5 Å². The first-order chi connectivity index (χ1) is 8.06. The van der Waals surface area contributed by atoms with E-state index < -0.39 is 5.54 Å². The zero-order valence-corrected chi connectivity index (χ0v) is 10.3. The average Bonchev–Trinajstić information content (AvgIpc) is 2.89. The summed E-state index contributed by atoms with van der Waals surface area (Å²) in [4.78, 5) is 13.7. The molecule has 1 fully saturated rings. The van der Waals surface area contributed by atoms with Crippen LogP contribution in [-0.2, 0) is 18.4 Å². The molecular weight excluding hydrogens is 220 g/mol. The minimum atomic E-state index is -0.522. The normalized spacial score (nSPS) is 18.8. The first-order valence-corrected chi connectivity index (χ1v) is 5.78. The Balaban J connectivity index is 2.15. The van der Waals surface area contributed by atoms with Crippen molar-refractivity contribution in [2.75, 3.05) is 7.05 Å². The topological polar surface area (TPSA) is 89.9 Å². The number of aromatic nitrogens is 4. The summed E-state index contributed by atoms with van der Waals surface area (Å²) in [6, 6.07) is 0. The lowest BCUT2D eigenvalue weighted by molar-refractivity contribution is -0.129. The van der Waals surface area contributed by atoms with E-state index in [1.165, 1.54) is 0 Å². The molecule has 1 amide bonds. The minimum absolute atomic E-state index is 0.243. The van der Waals surface area contributed by atoms with Gasteiger partial charge in [0.25, 0.3) is 0 Å². The molecule has 0 spiro atoms. The van der Waals surface area contributed by atoms with Gasteiger partial charge in [-0.15, -0.1) is 5.10 Å². The number of tetrazole rings is 1. The SMILES string of the molecule is CN(Cc1nnnn1C)C1(C(N)=O)CCCC1. The zero-order valence-electron chi connectivity index (χ0n) is 10.3. The van der Waals surface area contributed by atoms with Crippen LogP contribution in [-0.4, -0.2) is 43.6 Å². The molecule has 0 bridgehead atoms. The maximum Gasteiger partial charge on any atom is 0.237 e. The highest BCUT2D eigenvalue weighted by Crippen LogP contribution is 2.34. The summed E-state index contributed by atoms with van der Waals surface area (Å²) in [5.74, 6) is 0.493. The quantitative estimate of drug-likeness (QED) is 0.759. The van der Waals surface area contributed by atoms with Gasteiger partial charge >= 0.3 is 0 Å². The van der Waals surface area contributed by atoms with Crippen LogP contribution in [0.3, 0.4) is 0 Å². The van der Waals surface area contributed by atoms with Crippen LogP contribution in [0.25, 0.3) is 0 Å². The van der Waals surface area contributed by atoms with Crippen molar-refractivity contribution in [2.24, 2.45) is 12.8 Å². The number of amides is 1. The van der Waals surface area contributed by atoms with Gasteiger partial charge in [0.1, 0.15) is 5.54 Å². The Morgan fingerprint density at radius 1 is 1.53 bits per heavy atom. The Hall–Kier alpha value is -1.50. The van der Waals surface area contributed by atoms with E-state index in [1.807, 2.05) is 11.9 Å². The molecule has 1 heterocycles. The Morgan fingerprint density at radius 2 is 2.18 bits per heavy atom. The van der Waals surface area contributed by atoms with Crippen molar-refractivity contribution in [3.63, 3.8) is 0 Å². The smallest absolute Gasteiger partial charge is 0.237 e. The summed E-state index contributed by atoms with van der Waals surface area (Å²) in [6.45, 7) is 0.534. The molecule has 1 saturated carbocycles. The first kappa shape index (κ1) is 12.0. The molecule has 1 aliphatic rings. The molecule has 1 aliphatic carbocycles. The van der Waals surface area contributed by atoms with Gasteiger partial charge in [-0.1, -0.05) is 12.8 Å². The summed E-state index contributed by atoms with van der Waals surface area (Å²) in [5.41, 5.74) is 5.04. The van der Waals surface area contributed by atoms with Crippen molar-refractivity contribution in [1.29, 1.82) is 0 Å². The number of likely N-dealkylation sites (N-methyl/N-ethyl adjacent to an activating group) is 1. The maximum absolute atomic E-state index is 11.7. The van der Waals surface area contributed by atoms with E-state index in [0.717, 1.165) is 31.5 Å². The van der Waals surface area contributed by atoms with Gasteiger partial charge in [-0.3, -0.25) is 9.69 Å². The molecular formula is C10H18N6O. The molecule has 0 saturated heterocycles. The Bertz CT molecular complexity index is 409. The van der Waals surface area contributed by atoms with Crippen LogP contribution in [0, 0.1) is 0 Å². The largest absolute Gasteiger partial charge is 0.368 e. The van der Waals surface area contributed by atoms with Crippen molar-refractivity contribution in [2.45, 2.75) is 37.8 Å². The highest BCUT2D eigenvalue weighted by atomic mass is 16.1. The van der Waals surface area contributed by atoms with Gasteiger partial charge in [-0.05, 0) is 30.3 Å². The molecule has 7 nitrogen and oxygen atoms in total. The predicted octanol–water partition coefficient (Wildman–Crippen LogP) is -0.560. The Labute approximate surface area is 100.0 Å². The van der Waals surface area contributed by atoms with Crippen LogP contribution in [0.4, 0.5) is 0 Å². The number of carbonyl (C=O) groups excluding carboxylic acids is 1. The third-order valence-corrected chi connectivity index (χ3v) is 3.71. The molecule has 1 aromatic rings. The highest BCUT2D eigenvalue weighted by Gasteiger charge is 2.43. The van der Waals surface area contributed by atoms with E-state index in [0.29, 0.717) is 6.54 Å². The summed E-state index contributed by atoms with van der Waals surface area (Å²) < 4.78 is 1.61. The van der Waals surface area contributed by atoms with Crippen molar-refractivity contribution in [1.82, 2.24) is 25.1 Å². The van der Waals surface area contributed by atoms with Gasteiger partial charge in [-0.2, -0.15) is 0 Å². The lowest BCUT2D eigenvalue weighted by atomic mass is 9.94. The van der Waals surface area contributed by atoms with E-state index >= 15 is 0 Å². The van der Waals surface area contributed by atoms with Crippen LogP contribution < -0.4 is 5.73 Å². The molecule has 0 aliphatic heterocycles. The number of rotatable bonds is 4. The first-order valence-electron chi connectivity index (χ1n) is 5.78. The van der Waals surface area contributed by atoms with Gasteiger partial charge in [0.2, 0.25) is 5.91 Å². The number of nitrogens with two attached hydrogens (primary N) is 1. The van der Waals surface area contributed by atoms with E-state index in [-0.39, 0.29) is 5.91 Å².